The molecule has 0 saturated carbocycles. The summed E-state index contributed by atoms with van der Waals surface area (Å²) < 4.78 is 16.7. The summed E-state index contributed by atoms with van der Waals surface area (Å²) in [6, 6.07) is 5.62. The van der Waals surface area contributed by atoms with Crippen LogP contribution in [-0.2, 0) is 0 Å². The second-order valence-corrected chi connectivity index (χ2v) is 6.00. The summed E-state index contributed by atoms with van der Waals surface area (Å²) in [5.74, 6) is 3.30. The molecule has 0 bridgehead atoms. The number of hydrogen-bond acceptors (Lipinski definition) is 4. The van der Waals surface area contributed by atoms with Crippen LogP contribution in [0.5, 0.6) is 17.2 Å². The summed E-state index contributed by atoms with van der Waals surface area (Å²) >= 11 is 0. The molecule has 21 heavy (non-hydrogen) atoms. The van der Waals surface area contributed by atoms with E-state index in [1.165, 1.54) is 0 Å². The van der Waals surface area contributed by atoms with Gasteiger partial charge in [-0.05, 0) is 18.4 Å². The maximum atomic E-state index is 6.12. The second kappa shape index (κ2) is 8.78. The predicted molar refractivity (Wildman–Crippen MR) is 86.5 cm³/mol. The topological polar surface area (TPSA) is 39.7 Å². The molecule has 0 aromatic heterocycles. The molecule has 1 aromatic carbocycles. The molecule has 0 aliphatic rings. The molecule has 1 unspecified atom stereocenters. The lowest BCUT2D eigenvalue weighted by Crippen LogP contribution is -2.36. The Morgan fingerprint density at radius 3 is 1.81 bits per heavy atom. The van der Waals surface area contributed by atoms with Crippen LogP contribution in [-0.4, -0.2) is 33.4 Å². The van der Waals surface area contributed by atoms with E-state index in [9.17, 15) is 0 Å². The lowest BCUT2D eigenvalue weighted by Gasteiger charge is -2.24. The summed E-state index contributed by atoms with van der Waals surface area (Å²) in [5, 5.41) is 3.46. The summed E-state index contributed by atoms with van der Waals surface area (Å²) in [4.78, 5) is 0. The van der Waals surface area contributed by atoms with Gasteiger partial charge in [-0.1, -0.05) is 27.7 Å². The van der Waals surface area contributed by atoms with Crippen LogP contribution in [0.25, 0.3) is 0 Å². The lowest BCUT2D eigenvalue weighted by molar-refractivity contribution is 0.147. The van der Waals surface area contributed by atoms with Gasteiger partial charge in [0.2, 0.25) is 0 Å². The van der Waals surface area contributed by atoms with Crippen LogP contribution in [0.1, 0.15) is 27.7 Å². The molecule has 0 aliphatic heterocycles. The van der Waals surface area contributed by atoms with E-state index in [-0.39, 0.29) is 6.10 Å². The number of hydrogen-bond donors (Lipinski definition) is 1. The maximum Gasteiger partial charge on any atom is 0.127 e. The number of rotatable bonds is 9. The normalized spacial score (nSPS) is 12.6. The van der Waals surface area contributed by atoms with E-state index in [2.05, 4.69) is 33.0 Å². The Hall–Kier alpha value is -1.42. The third-order valence-corrected chi connectivity index (χ3v) is 3.25. The molecule has 0 aliphatic carbocycles. The largest absolute Gasteiger partial charge is 0.496 e. The van der Waals surface area contributed by atoms with E-state index in [0.29, 0.717) is 11.8 Å². The Kier molecular flexibility index (Phi) is 7.37. The van der Waals surface area contributed by atoms with E-state index in [1.54, 1.807) is 14.2 Å². The van der Waals surface area contributed by atoms with E-state index >= 15 is 0 Å². The summed E-state index contributed by atoms with van der Waals surface area (Å²) in [6.07, 6.45) is 0.112. The Labute approximate surface area is 128 Å². The zero-order valence-electron chi connectivity index (χ0n) is 14.1. The minimum Gasteiger partial charge on any atom is -0.496 e. The zero-order valence-corrected chi connectivity index (χ0v) is 14.1. The van der Waals surface area contributed by atoms with Crippen LogP contribution in [0.15, 0.2) is 18.2 Å². The fourth-order valence-corrected chi connectivity index (χ4v) is 1.95. The standard InChI is InChI=1S/C17H29NO3/c1-12(2)10-18-11-17(13(3)4)21-16-8-14(19-5)7-15(9-16)20-6/h7-9,12-13,17-18H,10-11H2,1-6H3. The third kappa shape index (κ3) is 6.25. The van der Waals surface area contributed by atoms with Gasteiger partial charge in [0.1, 0.15) is 23.4 Å². The van der Waals surface area contributed by atoms with E-state index in [0.717, 1.165) is 30.3 Å². The molecule has 1 N–H and O–H groups in total. The van der Waals surface area contributed by atoms with Gasteiger partial charge in [0, 0.05) is 24.7 Å². The zero-order chi connectivity index (χ0) is 15.8. The van der Waals surface area contributed by atoms with Gasteiger partial charge in [-0.2, -0.15) is 0 Å². The number of benzene rings is 1. The Balaban J connectivity index is 2.73. The van der Waals surface area contributed by atoms with Gasteiger partial charge in [0.05, 0.1) is 14.2 Å². The van der Waals surface area contributed by atoms with Gasteiger partial charge in [0.25, 0.3) is 0 Å². The van der Waals surface area contributed by atoms with Gasteiger partial charge >= 0.3 is 0 Å². The first-order valence-electron chi connectivity index (χ1n) is 7.56. The van der Waals surface area contributed by atoms with E-state index < -0.39 is 0 Å². The van der Waals surface area contributed by atoms with Gasteiger partial charge in [-0.25, -0.2) is 0 Å². The van der Waals surface area contributed by atoms with Crippen molar-refractivity contribution in [2.45, 2.75) is 33.8 Å². The van der Waals surface area contributed by atoms with Crippen LogP contribution in [0.2, 0.25) is 0 Å². The molecule has 0 saturated heterocycles. The molecule has 0 heterocycles. The molecule has 4 nitrogen and oxygen atoms in total. The first-order valence-corrected chi connectivity index (χ1v) is 7.56. The molecule has 0 spiro atoms. The van der Waals surface area contributed by atoms with Crippen molar-refractivity contribution in [3.05, 3.63) is 18.2 Å². The van der Waals surface area contributed by atoms with Crippen molar-refractivity contribution < 1.29 is 14.2 Å². The molecule has 0 amide bonds. The summed E-state index contributed by atoms with van der Waals surface area (Å²) in [5.41, 5.74) is 0. The van der Waals surface area contributed by atoms with Crippen molar-refractivity contribution in [1.82, 2.24) is 5.32 Å². The minimum absolute atomic E-state index is 0.112. The van der Waals surface area contributed by atoms with E-state index in [4.69, 9.17) is 14.2 Å². The quantitative estimate of drug-likeness (QED) is 0.758. The highest BCUT2D eigenvalue weighted by Gasteiger charge is 2.16. The molecular formula is C17H29NO3. The van der Waals surface area contributed by atoms with Crippen LogP contribution in [0.3, 0.4) is 0 Å². The third-order valence-electron chi connectivity index (χ3n) is 3.25. The number of methoxy groups -OCH3 is 2. The van der Waals surface area contributed by atoms with Crippen LogP contribution < -0.4 is 19.5 Å². The van der Waals surface area contributed by atoms with Crippen LogP contribution >= 0.6 is 0 Å². The smallest absolute Gasteiger partial charge is 0.127 e. The SMILES string of the molecule is COc1cc(OC)cc(OC(CNCC(C)C)C(C)C)c1. The van der Waals surface area contributed by atoms with Crippen molar-refractivity contribution in [2.75, 3.05) is 27.3 Å². The second-order valence-electron chi connectivity index (χ2n) is 6.00. The van der Waals surface area contributed by atoms with Crippen molar-refractivity contribution in [1.29, 1.82) is 0 Å². The fourth-order valence-electron chi connectivity index (χ4n) is 1.95. The minimum atomic E-state index is 0.112. The first-order chi connectivity index (χ1) is 9.96. The Morgan fingerprint density at radius 1 is 0.857 bits per heavy atom. The molecule has 0 radical (unpaired) electrons. The Morgan fingerprint density at radius 2 is 1.38 bits per heavy atom. The average Bonchev–Trinajstić information content (AvgIpc) is 2.45. The highest BCUT2D eigenvalue weighted by molar-refractivity contribution is 5.42. The molecule has 1 aromatic rings. The average molecular weight is 295 g/mol. The number of ether oxygens (including phenoxy) is 3. The van der Waals surface area contributed by atoms with Crippen molar-refractivity contribution >= 4 is 0 Å². The fraction of sp³-hybridized carbons (Fsp3) is 0.647. The Bertz CT molecular complexity index is 396. The van der Waals surface area contributed by atoms with Crippen molar-refractivity contribution in [3.8, 4) is 17.2 Å². The summed E-state index contributed by atoms with van der Waals surface area (Å²) in [6.45, 7) is 10.6. The monoisotopic (exact) mass is 295 g/mol. The lowest BCUT2D eigenvalue weighted by atomic mass is 10.1. The number of nitrogens with one attached hydrogen (secondary N) is 1. The molecular weight excluding hydrogens is 266 g/mol. The van der Waals surface area contributed by atoms with Gasteiger partial charge in [-0.3, -0.25) is 0 Å². The van der Waals surface area contributed by atoms with E-state index in [1.807, 2.05) is 18.2 Å². The van der Waals surface area contributed by atoms with Gasteiger partial charge in [0.15, 0.2) is 0 Å². The van der Waals surface area contributed by atoms with Gasteiger partial charge in [-0.15, -0.1) is 0 Å². The first kappa shape index (κ1) is 17.6. The molecule has 4 heteroatoms. The molecule has 120 valence electrons. The highest BCUT2D eigenvalue weighted by Crippen LogP contribution is 2.28. The molecule has 1 rings (SSSR count). The highest BCUT2D eigenvalue weighted by atomic mass is 16.5. The van der Waals surface area contributed by atoms with Crippen molar-refractivity contribution in [2.24, 2.45) is 11.8 Å². The molecule has 0 fully saturated rings. The van der Waals surface area contributed by atoms with Crippen LogP contribution in [0, 0.1) is 11.8 Å². The maximum absolute atomic E-state index is 6.12. The van der Waals surface area contributed by atoms with Gasteiger partial charge < -0.3 is 19.5 Å². The summed E-state index contributed by atoms with van der Waals surface area (Å²) in [7, 11) is 3.28. The predicted octanol–water partition coefficient (Wildman–Crippen LogP) is 3.35. The van der Waals surface area contributed by atoms with Crippen LogP contribution in [0.4, 0.5) is 0 Å². The molecule has 1 atom stereocenters. The van der Waals surface area contributed by atoms with Crippen molar-refractivity contribution in [3.63, 3.8) is 0 Å².